The number of rotatable bonds is 5. The molecule has 120 valence electrons. The summed E-state index contributed by atoms with van der Waals surface area (Å²) >= 11 is 7.71. The topological polar surface area (TPSA) is 89.6 Å². The zero-order chi connectivity index (χ0) is 16.4. The van der Waals surface area contributed by atoms with E-state index in [9.17, 15) is 4.79 Å². The van der Waals surface area contributed by atoms with Gasteiger partial charge in [-0.05, 0) is 18.1 Å². The summed E-state index contributed by atoms with van der Waals surface area (Å²) in [6.45, 7) is 2.41. The second-order valence-electron chi connectivity index (χ2n) is 5.05. The van der Waals surface area contributed by atoms with Crippen LogP contribution in [0.3, 0.4) is 0 Å². The molecule has 0 fully saturated rings. The first kappa shape index (κ1) is 15.9. The van der Waals surface area contributed by atoms with Gasteiger partial charge >= 0.3 is 5.69 Å². The van der Waals surface area contributed by atoms with E-state index in [-0.39, 0.29) is 11.5 Å². The highest BCUT2D eigenvalue weighted by Crippen LogP contribution is 2.22. The van der Waals surface area contributed by atoms with Gasteiger partial charge in [-0.25, -0.2) is 14.8 Å². The van der Waals surface area contributed by atoms with Gasteiger partial charge in [-0.1, -0.05) is 48.5 Å². The van der Waals surface area contributed by atoms with Crippen LogP contribution in [0.4, 0.5) is 5.82 Å². The van der Waals surface area contributed by atoms with Crippen LogP contribution in [0.25, 0.3) is 11.2 Å². The fraction of sp³-hybridized carbons (Fsp3) is 0.267. The number of aromatic nitrogens is 4. The van der Waals surface area contributed by atoms with Crippen LogP contribution in [0.2, 0.25) is 5.02 Å². The molecule has 8 heteroatoms. The molecule has 6 nitrogen and oxygen atoms in total. The maximum atomic E-state index is 12.3. The number of thioether (sulfide) groups is 1. The second kappa shape index (κ2) is 6.64. The van der Waals surface area contributed by atoms with Crippen molar-refractivity contribution in [3.63, 3.8) is 0 Å². The molecule has 0 spiro atoms. The molecule has 0 saturated heterocycles. The third-order valence-electron chi connectivity index (χ3n) is 3.35. The third-order valence-corrected chi connectivity index (χ3v) is 4.77. The van der Waals surface area contributed by atoms with Crippen LogP contribution < -0.4 is 11.4 Å². The molecule has 0 radical (unpaired) electrons. The highest BCUT2D eigenvalue weighted by Gasteiger charge is 2.15. The van der Waals surface area contributed by atoms with Gasteiger partial charge in [0.1, 0.15) is 5.52 Å². The monoisotopic (exact) mass is 349 g/mol. The third kappa shape index (κ3) is 3.20. The highest BCUT2D eigenvalue weighted by atomic mass is 35.5. The van der Waals surface area contributed by atoms with Gasteiger partial charge in [-0.15, -0.1) is 0 Å². The lowest BCUT2D eigenvalue weighted by Gasteiger charge is -2.06. The van der Waals surface area contributed by atoms with E-state index in [2.05, 4.69) is 21.9 Å². The Morgan fingerprint density at radius 2 is 2.13 bits per heavy atom. The summed E-state index contributed by atoms with van der Waals surface area (Å²) in [5.41, 5.74) is 7.49. The lowest BCUT2D eigenvalue weighted by Crippen LogP contribution is -2.18. The standard InChI is InChI=1S/C15H16ClN5OS/c1-2-7-23-14-19-12(17)11-13(20-14)21(15(22)18-11)8-9-5-3-4-6-10(9)16/h3-6H,2,7-8H2,1H3,(H,18,22)(H2,17,19,20). The Morgan fingerprint density at radius 1 is 1.35 bits per heavy atom. The molecule has 1 aromatic carbocycles. The minimum Gasteiger partial charge on any atom is -0.382 e. The van der Waals surface area contributed by atoms with Crippen LogP contribution in [0, 0.1) is 0 Å². The molecule has 0 atom stereocenters. The number of imidazole rings is 1. The van der Waals surface area contributed by atoms with Crippen LogP contribution in [0.15, 0.2) is 34.2 Å². The van der Waals surface area contributed by atoms with Crippen molar-refractivity contribution in [2.75, 3.05) is 11.5 Å². The van der Waals surface area contributed by atoms with E-state index >= 15 is 0 Å². The number of nitrogens with zero attached hydrogens (tertiary/aromatic N) is 3. The number of anilines is 1. The maximum absolute atomic E-state index is 12.3. The van der Waals surface area contributed by atoms with Gasteiger partial charge in [0, 0.05) is 10.8 Å². The van der Waals surface area contributed by atoms with E-state index in [4.69, 9.17) is 17.3 Å². The van der Waals surface area contributed by atoms with E-state index < -0.39 is 0 Å². The summed E-state index contributed by atoms with van der Waals surface area (Å²) in [5.74, 6) is 1.17. The Balaban J connectivity index is 2.09. The fourth-order valence-corrected chi connectivity index (χ4v) is 3.13. The Morgan fingerprint density at radius 3 is 2.87 bits per heavy atom. The molecule has 0 saturated carbocycles. The lowest BCUT2D eigenvalue weighted by atomic mass is 10.2. The SMILES string of the molecule is CCCSc1nc(N)c2[nH]c(=O)n(Cc3ccccc3Cl)c2n1. The van der Waals surface area contributed by atoms with Gasteiger partial charge in [0.25, 0.3) is 0 Å². The number of fused-ring (bicyclic) bond motifs is 1. The Hall–Kier alpha value is -1.99. The van der Waals surface area contributed by atoms with Crippen LogP contribution >= 0.6 is 23.4 Å². The summed E-state index contributed by atoms with van der Waals surface area (Å²) in [5, 5.41) is 1.18. The number of hydrogen-bond donors (Lipinski definition) is 2. The smallest absolute Gasteiger partial charge is 0.328 e. The number of nitrogen functional groups attached to an aromatic ring is 1. The van der Waals surface area contributed by atoms with Gasteiger partial charge < -0.3 is 10.7 Å². The van der Waals surface area contributed by atoms with E-state index in [1.165, 1.54) is 16.3 Å². The summed E-state index contributed by atoms with van der Waals surface area (Å²) in [6.07, 6.45) is 1.01. The summed E-state index contributed by atoms with van der Waals surface area (Å²) in [7, 11) is 0. The number of nitrogens with one attached hydrogen (secondary N) is 1. The van der Waals surface area contributed by atoms with E-state index in [1.807, 2.05) is 18.2 Å². The first-order valence-corrected chi connectivity index (χ1v) is 8.58. The maximum Gasteiger partial charge on any atom is 0.328 e. The molecule has 0 unspecified atom stereocenters. The molecule has 2 aromatic heterocycles. The number of benzene rings is 1. The molecule has 0 amide bonds. The molecule has 0 aliphatic carbocycles. The second-order valence-corrected chi connectivity index (χ2v) is 6.52. The molecule has 23 heavy (non-hydrogen) atoms. The Kier molecular flexibility index (Phi) is 4.58. The molecule has 3 aromatic rings. The molecule has 3 N–H and O–H groups in total. The van der Waals surface area contributed by atoms with Crippen LogP contribution in [-0.4, -0.2) is 25.3 Å². The van der Waals surface area contributed by atoms with Crippen LogP contribution in [-0.2, 0) is 6.54 Å². The van der Waals surface area contributed by atoms with Crippen LogP contribution in [0.5, 0.6) is 0 Å². The minimum atomic E-state index is -0.279. The minimum absolute atomic E-state index is 0.279. The number of halogens is 1. The quantitative estimate of drug-likeness (QED) is 0.546. The lowest BCUT2D eigenvalue weighted by molar-refractivity contribution is 0.771. The number of H-pyrrole nitrogens is 1. The van der Waals surface area contributed by atoms with Crippen molar-refractivity contribution < 1.29 is 0 Å². The molecule has 0 bridgehead atoms. The predicted octanol–water partition coefficient (Wildman–Crippen LogP) is 2.91. The van der Waals surface area contributed by atoms with Crippen molar-refractivity contribution in [3.05, 3.63) is 45.3 Å². The van der Waals surface area contributed by atoms with Crippen molar-refractivity contribution in [2.24, 2.45) is 0 Å². The average Bonchev–Trinajstić information content (AvgIpc) is 2.84. The first-order chi connectivity index (χ1) is 11.1. The van der Waals surface area contributed by atoms with E-state index in [0.717, 1.165) is 17.7 Å². The van der Waals surface area contributed by atoms with Gasteiger partial charge in [0.05, 0.1) is 6.54 Å². The largest absolute Gasteiger partial charge is 0.382 e. The fourth-order valence-electron chi connectivity index (χ4n) is 2.23. The van der Waals surface area contributed by atoms with Gasteiger partial charge in [0.2, 0.25) is 0 Å². The molecule has 3 rings (SSSR count). The molecule has 0 aliphatic rings. The van der Waals surface area contributed by atoms with Crippen molar-refractivity contribution >= 4 is 40.3 Å². The molecule has 0 aliphatic heterocycles. The zero-order valence-corrected chi connectivity index (χ0v) is 14.1. The first-order valence-electron chi connectivity index (χ1n) is 7.22. The van der Waals surface area contributed by atoms with Crippen LogP contribution in [0.1, 0.15) is 18.9 Å². The summed E-state index contributed by atoms with van der Waals surface area (Å²) < 4.78 is 1.53. The van der Waals surface area contributed by atoms with E-state index in [1.54, 1.807) is 6.07 Å². The summed E-state index contributed by atoms with van der Waals surface area (Å²) in [4.78, 5) is 23.7. The van der Waals surface area contributed by atoms with Gasteiger partial charge in [0.15, 0.2) is 16.6 Å². The van der Waals surface area contributed by atoms with Crippen molar-refractivity contribution in [1.29, 1.82) is 0 Å². The number of nitrogens with two attached hydrogens (primary N) is 1. The summed E-state index contributed by atoms with van der Waals surface area (Å²) in [6, 6.07) is 7.41. The Bertz CT molecular complexity index is 905. The average molecular weight is 350 g/mol. The van der Waals surface area contributed by atoms with Crippen molar-refractivity contribution in [1.82, 2.24) is 19.5 Å². The van der Waals surface area contributed by atoms with Gasteiger partial charge in [-0.3, -0.25) is 4.57 Å². The van der Waals surface area contributed by atoms with Crippen molar-refractivity contribution in [3.8, 4) is 0 Å². The highest BCUT2D eigenvalue weighted by molar-refractivity contribution is 7.99. The number of hydrogen-bond acceptors (Lipinski definition) is 5. The number of aromatic amines is 1. The predicted molar refractivity (Wildman–Crippen MR) is 94.1 cm³/mol. The molecular formula is C15H16ClN5OS. The molecule has 2 heterocycles. The zero-order valence-electron chi connectivity index (χ0n) is 12.5. The van der Waals surface area contributed by atoms with Gasteiger partial charge in [-0.2, -0.15) is 0 Å². The van der Waals surface area contributed by atoms with Crippen molar-refractivity contribution in [2.45, 2.75) is 25.0 Å². The van der Waals surface area contributed by atoms with E-state index in [0.29, 0.717) is 27.9 Å². The molecular weight excluding hydrogens is 334 g/mol. The normalized spacial score (nSPS) is 11.2. The Labute approximate surface area is 142 Å².